The van der Waals surface area contributed by atoms with Crippen molar-refractivity contribution < 1.29 is 33.2 Å². The molecule has 35 heavy (non-hydrogen) atoms. The summed E-state index contributed by atoms with van der Waals surface area (Å²) < 4.78 is 33.9. The Bertz CT molecular complexity index is 1310. The average molecular weight is 475 g/mol. The Kier molecular flexibility index (Phi) is 5.86. The van der Waals surface area contributed by atoms with Crippen molar-refractivity contribution in [1.29, 1.82) is 0 Å². The van der Waals surface area contributed by atoms with Crippen LogP contribution in [0.3, 0.4) is 0 Å². The average Bonchev–Trinajstić information content (AvgIpc) is 3.22. The fraction of sp³-hybridized carbons (Fsp3) is 0.222. The van der Waals surface area contributed by atoms with Gasteiger partial charge in [-0.1, -0.05) is 12.1 Å². The van der Waals surface area contributed by atoms with Gasteiger partial charge in [-0.05, 0) is 48.0 Å². The number of nitrogens with zero attached hydrogens (tertiary/aromatic N) is 1. The van der Waals surface area contributed by atoms with Crippen molar-refractivity contribution in [3.8, 4) is 34.5 Å². The van der Waals surface area contributed by atoms with E-state index in [4.69, 9.17) is 28.4 Å². The predicted molar refractivity (Wildman–Crippen MR) is 130 cm³/mol. The van der Waals surface area contributed by atoms with E-state index in [2.05, 4.69) is 0 Å². The van der Waals surface area contributed by atoms with Crippen molar-refractivity contribution in [3.63, 3.8) is 0 Å². The molecule has 0 aromatic heterocycles. The zero-order chi connectivity index (χ0) is 24.5. The second-order valence-corrected chi connectivity index (χ2v) is 7.96. The number of anilines is 1. The van der Waals surface area contributed by atoms with E-state index in [1.807, 2.05) is 35.2 Å². The summed E-state index contributed by atoms with van der Waals surface area (Å²) in [5, 5.41) is 0. The highest BCUT2D eigenvalue weighted by Gasteiger charge is 2.34. The summed E-state index contributed by atoms with van der Waals surface area (Å²) in [6.07, 6.45) is 1.67. The van der Waals surface area contributed by atoms with Gasteiger partial charge in [0.2, 0.25) is 11.5 Å². The fourth-order valence-corrected chi connectivity index (χ4v) is 4.34. The van der Waals surface area contributed by atoms with Gasteiger partial charge < -0.3 is 33.3 Å². The lowest BCUT2D eigenvalue weighted by molar-refractivity contribution is 0.101. The van der Waals surface area contributed by atoms with Crippen LogP contribution >= 0.6 is 0 Å². The van der Waals surface area contributed by atoms with Crippen LogP contribution in [-0.2, 0) is 6.54 Å². The zero-order valence-electron chi connectivity index (χ0n) is 19.9. The molecular formula is C27H25NO7. The van der Waals surface area contributed by atoms with Crippen LogP contribution in [-0.4, -0.2) is 41.0 Å². The largest absolute Gasteiger partial charge is 0.495 e. The second-order valence-electron chi connectivity index (χ2n) is 7.96. The molecule has 0 spiro atoms. The first-order chi connectivity index (χ1) is 17.1. The number of Topliss-reactive ketones (excluding diaryl/α,β-unsaturated/α-hetero) is 1. The van der Waals surface area contributed by atoms with Crippen molar-refractivity contribution >= 4 is 17.5 Å². The molecule has 0 N–H and O–H groups in total. The van der Waals surface area contributed by atoms with Crippen LogP contribution in [0.2, 0.25) is 0 Å². The van der Waals surface area contributed by atoms with Gasteiger partial charge >= 0.3 is 0 Å². The molecule has 0 unspecified atom stereocenters. The number of para-hydroxylation sites is 2. The Morgan fingerprint density at radius 2 is 1.60 bits per heavy atom. The van der Waals surface area contributed by atoms with Crippen molar-refractivity contribution in [2.75, 3.05) is 40.1 Å². The smallest absolute Gasteiger partial charge is 0.231 e. The standard InChI is InChI=1S/C27H25NO7/c1-30-21-8-6-5-7-19(21)28-14-18-20(34-15-28)10-9-17-25(29)22(35-26(17)18)11-16-12-23(31-2)27(33-4)24(13-16)32-3/h5-13H,14-15H2,1-4H3. The van der Waals surface area contributed by atoms with Gasteiger partial charge in [-0.15, -0.1) is 0 Å². The minimum atomic E-state index is -0.203. The summed E-state index contributed by atoms with van der Waals surface area (Å²) in [6, 6.07) is 14.8. The fourth-order valence-electron chi connectivity index (χ4n) is 4.34. The van der Waals surface area contributed by atoms with E-state index in [9.17, 15) is 4.79 Å². The number of methoxy groups -OCH3 is 4. The maximum Gasteiger partial charge on any atom is 0.231 e. The quantitative estimate of drug-likeness (QED) is 0.475. The molecule has 5 rings (SSSR count). The molecule has 0 fully saturated rings. The highest BCUT2D eigenvalue weighted by Crippen LogP contribution is 2.44. The van der Waals surface area contributed by atoms with E-state index < -0.39 is 0 Å². The molecule has 0 radical (unpaired) electrons. The Morgan fingerprint density at radius 1 is 0.886 bits per heavy atom. The normalized spacial score (nSPS) is 15.1. The second kappa shape index (κ2) is 9.13. The molecule has 0 saturated carbocycles. The first-order valence-electron chi connectivity index (χ1n) is 11.0. The van der Waals surface area contributed by atoms with Gasteiger partial charge in [0.05, 0.1) is 51.8 Å². The minimum absolute atomic E-state index is 0.203. The lowest BCUT2D eigenvalue weighted by Gasteiger charge is -2.32. The monoisotopic (exact) mass is 475 g/mol. The molecular weight excluding hydrogens is 450 g/mol. The van der Waals surface area contributed by atoms with Crippen LogP contribution in [0, 0.1) is 0 Å². The lowest BCUT2D eigenvalue weighted by Crippen LogP contribution is -2.32. The number of benzene rings is 3. The van der Waals surface area contributed by atoms with Crippen LogP contribution in [0.5, 0.6) is 34.5 Å². The molecule has 0 amide bonds. The highest BCUT2D eigenvalue weighted by molar-refractivity contribution is 6.15. The molecule has 180 valence electrons. The third kappa shape index (κ3) is 3.86. The van der Waals surface area contributed by atoms with Crippen LogP contribution in [0.4, 0.5) is 5.69 Å². The van der Waals surface area contributed by atoms with Gasteiger partial charge in [0, 0.05) is 0 Å². The van der Waals surface area contributed by atoms with Crippen LogP contribution in [0.1, 0.15) is 21.5 Å². The lowest BCUT2D eigenvalue weighted by atomic mass is 10.0. The molecule has 0 atom stereocenters. The van der Waals surface area contributed by atoms with E-state index in [-0.39, 0.29) is 11.5 Å². The van der Waals surface area contributed by atoms with Gasteiger partial charge in [-0.2, -0.15) is 0 Å². The Balaban J connectivity index is 1.50. The molecule has 8 nitrogen and oxygen atoms in total. The number of allylic oxidation sites excluding steroid dienone is 1. The minimum Gasteiger partial charge on any atom is -0.495 e. The Labute approximate surface area is 203 Å². The first-order valence-corrected chi connectivity index (χ1v) is 11.0. The summed E-state index contributed by atoms with van der Waals surface area (Å²) in [5.74, 6) is 3.39. The maximum absolute atomic E-state index is 13.2. The van der Waals surface area contributed by atoms with Gasteiger partial charge in [0.15, 0.2) is 24.0 Å². The first kappa shape index (κ1) is 22.5. The zero-order valence-corrected chi connectivity index (χ0v) is 19.9. The highest BCUT2D eigenvalue weighted by atomic mass is 16.5. The molecule has 2 heterocycles. The molecule has 2 aliphatic heterocycles. The molecule has 2 aliphatic rings. The van der Waals surface area contributed by atoms with Gasteiger partial charge in [-0.25, -0.2) is 0 Å². The molecule has 3 aromatic carbocycles. The predicted octanol–water partition coefficient (Wildman–Crippen LogP) is 4.69. The summed E-state index contributed by atoms with van der Waals surface area (Å²) in [5.41, 5.74) is 2.88. The van der Waals surface area contributed by atoms with E-state index in [1.54, 1.807) is 45.6 Å². The maximum atomic E-state index is 13.2. The van der Waals surface area contributed by atoms with Crippen LogP contribution < -0.4 is 33.3 Å². The SMILES string of the molecule is COc1ccccc1N1COc2ccc3c(c2C1)OC(=Cc1cc(OC)c(OC)c(OC)c1)C3=O. The van der Waals surface area contributed by atoms with Gasteiger partial charge in [-0.3, -0.25) is 4.79 Å². The summed E-state index contributed by atoms with van der Waals surface area (Å²) in [6.45, 7) is 0.859. The van der Waals surface area contributed by atoms with Gasteiger partial charge in [0.25, 0.3) is 0 Å². The molecule has 0 aliphatic carbocycles. The molecule has 3 aromatic rings. The number of carbonyl (C=O) groups is 1. The summed E-state index contributed by atoms with van der Waals surface area (Å²) in [7, 11) is 6.26. The number of ether oxygens (including phenoxy) is 6. The van der Waals surface area contributed by atoms with Crippen LogP contribution in [0.15, 0.2) is 54.3 Å². The summed E-state index contributed by atoms with van der Waals surface area (Å²) in [4.78, 5) is 15.3. The third-order valence-electron chi connectivity index (χ3n) is 6.03. The van der Waals surface area contributed by atoms with E-state index >= 15 is 0 Å². The van der Waals surface area contributed by atoms with Crippen molar-refractivity contribution in [2.45, 2.75) is 6.54 Å². The Hall–Kier alpha value is -4.33. The number of hydrogen-bond donors (Lipinski definition) is 0. The van der Waals surface area contributed by atoms with Crippen molar-refractivity contribution in [3.05, 3.63) is 71.0 Å². The van der Waals surface area contributed by atoms with E-state index in [1.165, 1.54) is 7.11 Å². The van der Waals surface area contributed by atoms with E-state index in [0.717, 1.165) is 17.0 Å². The number of rotatable bonds is 6. The number of carbonyl (C=O) groups excluding carboxylic acids is 1. The third-order valence-corrected chi connectivity index (χ3v) is 6.03. The van der Waals surface area contributed by atoms with Crippen molar-refractivity contribution in [1.82, 2.24) is 0 Å². The van der Waals surface area contributed by atoms with Gasteiger partial charge in [0.1, 0.15) is 17.2 Å². The van der Waals surface area contributed by atoms with E-state index in [0.29, 0.717) is 53.2 Å². The molecule has 0 bridgehead atoms. The molecule has 0 saturated heterocycles. The molecule has 8 heteroatoms. The van der Waals surface area contributed by atoms with Crippen LogP contribution in [0.25, 0.3) is 6.08 Å². The number of hydrogen-bond acceptors (Lipinski definition) is 8. The Morgan fingerprint density at radius 3 is 2.29 bits per heavy atom. The number of ketones is 1. The number of fused-ring (bicyclic) bond motifs is 3. The topological polar surface area (TPSA) is 75.7 Å². The van der Waals surface area contributed by atoms with Crippen molar-refractivity contribution in [2.24, 2.45) is 0 Å². The summed E-state index contributed by atoms with van der Waals surface area (Å²) >= 11 is 0.